The Bertz CT molecular complexity index is 539. The summed E-state index contributed by atoms with van der Waals surface area (Å²) in [5, 5.41) is 13.2. The van der Waals surface area contributed by atoms with Crippen LogP contribution in [-0.2, 0) is 0 Å². The minimum absolute atomic E-state index is 0.323. The number of rotatable bonds is 8. The maximum absolute atomic E-state index is 10.0. The summed E-state index contributed by atoms with van der Waals surface area (Å²) >= 11 is 0. The maximum Gasteiger partial charge on any atom is 0.142 e. The minimum Gasteiger partial charge on any atom is -0.494 e. The minimum atomic E-state index is -0.717. The molecule has 5 nitrogen and oxygen atoms in total. The summed E-state index contributed by atoms with van der Waals surface area (Å²) in [4.78, 5) is 0. The average Bonchev–Trinajstić information content (AvgIpc) is 3.02. The van der Waals surface area contributed by atoms with Crippen molar-refractivity contribution in [2.24, 2.45) is 0 Å². The molecule has 1 aromatic heterocycles. The van der Waals surface area contributed by atoms with Gasteiger partial charge in [-0.25, -0.2) is 0 Å². The van der Waals surface area contributed by atoms with Gasteiger partial charge in [-0.2, -0.15) is 0 Å². The van der Waals surface area contributed by atoms with Crippen molar-refractivity contribution in [3.63, 3.8) is 0 Å². The molecule has 0 saturated carbocycles. The molecule has 0 aliphatic rings. The predicted molar refractivity (Wildman–Crippen MR) is 80.9 cm³/mol. The van der Waals surface area contributed by atoms with Gasteiger partial charge in [0.2, 0.25) is 0 Å². The molecule has 0 aliphatic carbocycles. The van der Waals surface area contributed by atoms with Crippen molar-refractivity contribution >= 4 is 5.69 Å². The molecule has 1 aromatic carbocycles. The lowest BCUT2D eigenvalue weighted by molar-refractivity contribution is 0.162. The third-order valence-electron chi connectivity index (χ3n) is 2.92. The van der Waals surface area contributed by atoms with E-state index in [1.54, 1.807) is 18.4 Å². The van der Waals surface area contributed by atoms with Crippen molar-refractivity contribution in [3.8, 4) is 11.5 Å². The zero-order chi connectivity index (χ0) is 15.1. The van der Waals surface area contributed by atoms with Gasteiger partial charge in [0.05, 0.1) is 25.2 Å². The molecular formula is C16H21NO4. The summed E-state index contributed by atoms with van der Waals surface area (Å²) in [6.07, 6.45) is 0.824. The van der Waals surface area contributed by atoms with Gasteiger partial charge in [-0.05, 0) is 38.1 Å². The standard InChI is InChI=1S/C16H21NO4/c1-3-19-12-7-8-15(20-4-2)13(10-12)17-11-14(18)16-6-5-9-21-16/h5-10,14,17-18H,3-4,11H2,1-2H3. The fourth-order valence-electron chi connectivity index (χ4n) is 1.97. The highest BCUT2D eigenvalue weighted by Crippen LogP contribution is 2.30. The van der Waals surface area contributed by atoms with Gasteiger partial charge in [-0.3, -0.25) is 0 Å². The quantitative estimate of drug-likeness (QED) is 0.782. The van der Waals surface area contributed by atoms with E-state index in [0.29, 0.717) is 25.5 Å². The molecule has 5 heteroatoms. The van der Waals surface area contributed by atoms with Gasteiger partial charge in [0.1, 0.15) is 23.4 Å². The number of aliphatic hydroxyl groups is 1. The number of ether oxygens (including phenoxy) is 2. The van der Waals surface area contributed by atoms with Crippen molar-refractivity contribution in [1.29, 1.82) is 0 Å². The van der Waals surface area contributed by atoms with Crippen LogP contribution in [-0.4, -0.2) is 24.9 Å². The fourth-order valence-corrected chi connectivity index (χ4v) is 1.97. The Balaban J connectivity index is 2.07. The fraction of sp³-hybridized carbons (Fsp3) is 0.375. The van der Waals surface area contributed by atoms with Crippen molar-refractivity contribution in [2.45, 2.75) is 20.0 Å². The summed E-state index contributed by atoms with van der Waals surface area (Å²) < 4.78 is 16.2. The van der Waals surface area contributed by atoms with Gasteiger partial charge >= 0.3 is 0 Å². The lowest BCUT2D eigenvalue weighted by Crippen LogP contribution is -2.12. The molecule has 0 bridgehead atoms. The van der Waals surface area contributed by atoms with E-state index < -0.39 is 6.10 Å². The topological polar surface area (TPSA) is 63.9 Å². The molecule has 0 fully saturated rings. The summed E-state index contributed by atoms with van der Waals surface area (Å²) in [5.74, 6) is 2.02. The predicted octanol–water partition coefficient (Wildman–Crippen LogP) is 3.22. The Morgan fingerprint density at radius 2 is 2.00 bits per heavy atom. The zero-order valence-electron chi connectivity index (χ0n) is 12.3. The van der Waals surface area contributed by atoms with Crippen LogP contribution in [0, 0.1) is 0 Å². The Labute approximate surface area is 124 Å². The molecule has 0 amide bonds. The van der Waals surface area contributed by atoms with Crippen LogP contribution in [0.15, 0.2) is 41.0 Å². The van der Waals surface area contributed by atoms with Gasteiger partial charge in [-0.15, -0.1) is 0 Å². The lowest BCUT2D eigenvalue weighted by Gasteiger charge is -2.16. The van der Waals surface area contributed by atoms with Gasteiger partial charge in [0.15, 0.2) is 0 Å². The molecule has 2 N–H and O–H groups in total. The van der Waals surface area contributed by atoms with Gasteiger partial charge in [0.25, 0.3) is 0 Å². The monoisotopic (exact) mass is 291 g/mol. The van der Waals surface area contributed by atoms with Gasteiger partial charge < -0.3 is 24.3 Å². The van der Waals surface area contributed by atoms with Gasteiger partial charge in [-0.1, -0.05) is 0 Å². The molecule has 1 atom stereocenters. The molecule has 114 valence electrons. The van der Waals surface area contributed by atoms with E-state index in [1.165, 1.54) is 0 Å². The highest BCUT2D eigenvalue weighted by molar-refractivity contribution is 5.59. The Hall–Kier alpha value is -2.14. The zero-order valence-corrected chi connectivity index (χ0v) is 12.3. The lowest BCUT2D eigenvalue weighted by atomic mass is 10.2. The summed E-state index contributed by atoms with van der Waals surface area (Å²) in [6.45, 7) is 5.36. The third-order valence-corrected chi connectivity index (χ3v) is 2.92. The second kappa shape index (κ2) is 7.59. The van der Waals surface area contributed by atoms with E-state index in [2.05, 4.69) is 5.32 Å². The Kier molecular flexibility index (Phi) is 5.51. The van der Waals surface area contributed by atoms with Crippen LogP contribution in [0.25, 0.3) is 0 Å². The Morgan fingerprint density at radius 3 is 2.67 bits per heavy atom. The molecule has 2 rings (SSSR count). The number of anilines is 1. The van der Waals surface area contributed by atoms with Crippen LogP contribution in [0.3, 0.4) is 0 Å². The molecule has 0 saturated heterocycles. The molecule has 0 radical (unpaired) electrons. The molecule has 1 heterocycles. The average molecular weight is 291 g/mol. The summed E-state index contributed by atoms with van der Waals surface area (Å²) in [5.41, 5.74) is 0.786. The van der Waals surface area contributed by atoms with Crippen LogP contribution < -0.4 is 14.8 Å². The smallest absolute Gasteiger partial charge is 0.142 e. The normalized spacial score (nSPS) is 12.0. The second-order valence-corrected chi connectivity index (χ2v) is 4.44. The summed E-state index contributed by atoms with van der Waals surface area (Å²) in [6, 6.07) is 9.08. The van der Waals surface area contributed by atoms with Crippen molar-refractivity contribution in [3.05, 3.63) is 42.4 Å². The number of hydrogen-bond acceptors (Lipinski definition) is 5. The first kappa shape index (κ1) is 15.3. The van der Waals surface area contributed by atoms with E-state index in [1.807, 2.05) is 32.0 Å². The van der Waals surface area contributed by atoms with Gasteiger partial charge in [0, 0.05) is 12.6 Å². The van der Waals surface area contributed by atoms with Crippen molar-refractivity contribution in [2.75, 3.05) is 25.1 Å². The first-order valence-electron chi connectivity index (χ1n) is 7.09. The molecule has 0 aliphatic heterocycles. The van der Waals surface area contributed by atoms with Crippen LogP contribution in [0.5, 0.6) is 11.5 Å². The van der Waals surface area contributed by atoms with Crippen LogP contribution in [0.4, 0.5) is 5.69 Å². The highest BCUT2D eigenvalue weighted by atomic mass is 16.5. The van der Waals surface area contributed by atoms with E-state index >= 15 is 0 Å². The van der Waals surface area contributed by atoms with E-state index in [4.69, 9.17) is 13.9 Å². The molecule has 21 heavy (non-hydrogen) atoms. The van der Waals surface area contributed by atoms with Crippen molar-refractivity contribution < 1.29 is 19.0 Å². The second-order valence-electron chi connectivity index (χ2n) is 4.44. The molecular weight excluding hydrogens is 270 g/mol. The number of benzene rings is 1. The summed E-state index contributed by atoms with van der Waals surface area (Å²) in [7, 11) is 0. The van der Waals surface area contributed by atoms with Crippen LogP contribution in [0.2, 0.25) is 0 Å². The van der Waals surface area contributed by atoms with E-state index in [-0.39, 0.29) is 0 Å². The third kappa shape index (κ3) is 4.16. The maximum atomic E-state index is 10.0. The number of aliphatic hydroxyl groups excluding tert-OH is 1. The van der Waals surface area contributed by atoms with Crippen LogP contribution in [0.1, 0.15) is 25.7 Å². The molecule has 0 spiro atoms. The van der Waals surface area contributed by atoms with Crippen molar-refractivity contribution in [1.82, 2.24) is 0 Å². The molecule has 2 aromatic rings. The molecule has 1 unspecified atom stereocenters. The van der Waals surface area contributed by atoms with E-state index in [0.717, 1.165) is 17.2 Å². The first-order chi connectivity index (χ1) is 10.2. The largest absolute Gasteiger partial charge is 0.494 e. The Morgan fingerprint density at radius 1 is 1.19 bits per heavy atom. The highest BCUT2D eigenvalue weighted by Gasteiger charge is 2.12. The van der Waals surface area contributed by atoms with E-state index in [9.17, 15) is 5.11 Å². The number of hydrogen-bond donors (Lipinski definition) is 2. The number of furan rings is 1. The first-order valence-corrected chi connectivity index (χ1v) is 7.09. The van der Waals surface area contributed by atoms with Crippen LogP contribution >= 0.6 is 0 Å². The SMILES string of the molecule is CCOc1ccc(OCC)c(NCC(O)c2ccco2)c1. The number of nitrogens with one attached hydrogen (secondary N) is 1.